The standard InChI is InChI=1S/C22H32N2O3S/c25-22(23-11-2-1-3-12-23)20-6-4-18(5-7-20)16-19-8-13-24(17-19)21-9-14-28(26,27)15-10-21/h4-7,19,21H,1-3,8-17H2. The fourth-order valence-electron chi connectivity index (χ4n) is 5.00. The molecule has 3 aliphatic rings. The quantitative estimate of drug-likeness (QED) is 0.774. The van der Waals surface area contributed by atoms with Crippen molar-refractivity contribution in [2.75, 3.05) is 37.7 Å². The molecule has 0 saturated carbocycles. The van der Waals surface area contributed by atoms with Crippen molar-refractivity contribution in [3.8, 4) is 0 Å². The van der Waals surface area contributed by atoms with Gasteiger partial charge in [0.25, 0.3) is 5.91 Å². The maximum atomic E-state index is 12.6. The molecule has 3 fully saturated rings. The van der Waals surface area contributed by atoms with Crippen molar-refractivity contribution in [3.63, 3.8) is 0 Å². The van der Waals surface area contributed by atoms with Crippen LogP contribution in [0, 0.1) is 5.92 Å². The molecule has 1 aromatic carbocycles. The molecule has 0 radical (unpaired) electrons. The lowest BCUT2D eigenvalue weighted by Gasteiger charge is -2.31. The summed E-state index contributed by atoms with van der Waals surface area (Å²) in [6.07, 6.45) is 7.28. The van der Waals surface area contributed by atoms with Gasteiger partial charge in [-0.3, -0.25) is 4.79 Å². The first kappa shape index (κ1) is 19.9. The Kier molecular flexibility index (Phi) is 6.07. The van der Waals surface area contributed by atoms with Gasteiger partial charge in [0.05, 0.1) is 11.5 Å². The predicted molar refractivity (Wildman–Crippen MR) is 111 cm³/mol. The van der Waals surface area contributed by atoms with E-state index in [9.17, 15) is 13.2 Å². The normalized spacial score (nSPS) is 26.4. The molecule has 1 atom stereocenters. The highest BCUT2D eigenvalue weighted by molar-refractivity contribution is 7.91. The number of benzene rings is 1. The number of sulfone groups is 1. The zero-order chi connectivity index (χ0) is 19.6. The molecular weight excluding hydrogens is 372 g/mol. The fraction of sp³-hybridized carbons (Fsp3) is 0.682. The van der Waals surface area contributed by atoms with Gasteiger partial charge in [0, 0.05) is 31.2 Å². The summed E-state index contributed by atoms with van der Waals surface area (Å²) >= 11 is 0. The summed E-state index contributed by atoms with van der Waals surface area (Å²) in [5, 5.41) is 0. The molecule has 6 heteroatoms. The van der Waals surface area contributed by atoms with Gasteiger partial charge in [0.15, 0.2) is 0 Å². The summed E-state index contributed by atoms with van der Waals surface area (Å²) in [7, 11) is -2.78. The lowest BCUT2D eigenvalue weighted by atomic mass is 9.97. The summed E-state index contributed by atoms with van der Waals surface area (Å²) in [5.41, 5.74) is 2.11. The third-order valence-electron chi connectivity index (χ3n) is 6.73. The minimum atomic E-state index is -2.78. The molecule has 1 aromatic rings. The highest BCUT2D eigenvalue weighted by Gasteiger charge is 2.32. The molecule has 3 heterocycles. The maximum absolute atomic E-state index is 12.6. The minimum absolute atomic E-state index is 0.172. The zero-order valence-corrected chi connectivity index (χ0v) is 17.5. The predicted octanol–water partition coefficient (Wildman–Crippen LogP) is 2.75. The van der Waals surface area contributed by atoms with Gasteiger partial charge < -0.3 is 9.80 Å². The molecule has 154 valence electrons. The van der Waals surface area contributed by atoms with E-state index in [1.807, 2.05) is 17.0 Å². The Bertz CT molecular complexity index is 771. The monoisotopic (exact) mass is 404 g/mol. The van der Waals surface area contributed by atoms with Crippen LogP contribution in [-0.4, -0.2) is 67.9 Å². The Balaban J connectivity index is 1.28. The van der Waals surface area contributed by atoms with E-state index in [1.165, 1.54) is 18.4 Å². The van der Waals surface area contributed by atoms with Crippen LogP contribution in [0.5, 0.6) is 0 Å². The van der Waals surface area contributed by atoms with E-state index in [2.05, 4.69) is 17.0 Å². The zero-order valence-electron chi connectivity index (χ0n) is 16.7. The van der Waals surface area contributed by atoms with Gasteiger partial charge in [0.2, 0.25) is 0 Å². The second kappa shape index (κ2) is 8.54. The van der Waals surface area contributed by atoms with E-state index in [-0.39, 0.29) is 5.91 Å². The molecule has 28 heavy (non-hydrogen) atoms. The van der Waals surface area contributed by atoms with E-state index >= 15 is 0 Å². The summed E-state index contributed by atoms with van der Waals surface area (Å²) in [4.78, 5) is 17.1. The van der Waals surface area contributed by atoms with Crippen LogP contribution in [0.3, 0.4) is 0 Å². The van der Waals surface area contributed by atoms with Crippen LogP contribution in [0.4, 0.5) is 0 Å². The Morgan fingerprint density at radius 2 is 1.61 bits per heavy atom. The fourth-order valence-corrected chi connectivity index (χ4v) is 6.47. The first-order valence-corrected chi connectivity index (χ1v) is 12.6. The molecule has 0 aromatic heterocycles. The number of amides is 1. The number of hydrogen-bond acceptors (Lipinski definition) is 4. The van der Waals surface area contributed by atoms with Gasteiger partial charge in [-0.15, -0.1) is 0 Å². The van der Waals surface area contributed by atoms with Crippen molar-refractivity contribution in [3.05, 3.63) is 35.4 Å². The van der Waals surface area contributed by atoms with E-state index in [1.54, 1.807) is 0 Å². The molecule has 1 amide bonds. The second-order valence-electron chi connectivity index (χ2n) is 8.79. The number of piperidine rings is 1. The Morgan fingerprint density at radius 1 is 0.929 bits per heavy atom. The maximum Gasteiger partial charge on any atom is 0.253 e. The average molecular weight is 405 g/mol. The van der Waals surface area contributed by atoms with Crippen LogP contribution in [0.15, 0.2) is 24.3 Å². The Hall–Kier alpha value is -1.40. The van der Waals surface area contributed by atoms with Gasteiger partial charge in [-0.05, 0) is 75.1 Å². The number of carbonyl (C=O) groups excluding carboxylic acids is 1. The summed E-state index contributed by atoms with van der Waals surface area (Å²) in [6, 6.07) is 8.66. The van der Waals surface area contributed by atoms with Crippen molar-refractivity contribution >= 4 is 15.7 Å². The smallest absolute Gasteiger partial charge is 0.253 e. The van der Waals surface area contributed by atoms with Gasteiger partial charge in [-0.2, -0.15) is 0 Å². The molecule has 0 spiro atoms. The third-order valence-corrected chi connectivity index (χ3v) is 8.44. The topological polar surface area (TPSA) is 57.7 Å². The lowest BCUT2D eigenvalue weighted by molar-refractivity contribution is 0.0724. The van der Waals surface area contributed by atoms with Crippen molar-refractivity contribution in [2.24, 2.45) is 5.92 Å². The van der Waals surface area contributed by atoms with E-state index < -0.39 is 9.84 Å². The molecule has 3 aliphatic heterocycles. The number of likely N-dealkylation sites (tertiary alicyclic amines) is 2. The van der Waals surface area contributed by atoms with Crippen LogP contribution in [0.1, 0.15) is 54.4 Å². The summed E-state index contributed by atoms with van der Waals surface area (Å²) < 4.78 is 23.3. The third kappa shape index (κ3) is 4.77. The molecule has 0 aliphatic carbocycles. The van der Waals surface area contributed by atoms with Crippen LogP contribution < -0.4 is 0 Å². The van der Waals surface area contributed by atoms with Crippen LogP contribution in [0.25, 0.3) is 0 Å². The van der Waals surface area contributed by atoms with E-state index in [0.717, 1.165) is 63.8 Å². The van der Waals surface area contributed by atoms with Crippen LogP contribution >= 0.6 is 0 Å². The Morgan fingerprint density at radius 3 is 2.29 bits per heavy atom. The molecular formula is C22H32N2O3S. The molecule has 4 rings (SSSR count). The van der Waals surface area contributed by atoms with E-state index in [4.69, 9.17) is 0 Å². The number of hydrogen-bond donors (Lipinski definition) is 0. The SMILES string of the molecule is O=C(c1ccc(CC2CCN(C3CCS(=O)(=O)CC3)C2)cc1)N1CCCCC1. The van der Waals surface area contributed by atoms with E-state index in [0.29, 0.717) is 23.5 Å². The van der Waals surface area contributed by atoms with Crippen molar-refractivity contribution < 1.29 is 13.2 Å². The van der Waals surface area contributed by atoms with Crippen molar-refractivity contribution in [1.82, 2.24) is 9.80 Å². The van der Waals surface area contributed by atoms with Crippen molar-refractivity contribution in [1.29, 1.82) is 0 Å². The minimum Gasteiger partial charge on any atom is -0.339 e. The first-order chi connectivity index (χ1) is 13.5. The van der Waals surface area contributed by atoms with Crippen LogP contribution in [0.2, 0.25) is 0 Å². The van der Waals surface area contributed by atoms with Gasteiger partial charge in [-0.25, -0.2) is 8.42 Å². The molecule has 5 nitrogen and oxygen atoms in total. The lowest BCUT2D eigenvalue weighted by Crippen LogP contribution is -2.40. The van der Waals surface area contributed by atoms with Crippen molar-refractivity contribution in [2.45, 2.75) is 51.0 Å². The number of nitrogens with zero attached hydrogens (tertiary/aromatic N) is 2. The first-order valence-electron chi connectivity index (χ1n) is 10.8. The largest absolute Gasteiger partial charge is 0.339 e. The van der Waals surface area contributed by atoms with Gasteiger partial charge in [-0.1, -0.05) is 12.1 Å². The number of rotatable bonds is 4. The summed E-state index contributed by atoms with van der Waals surface area (Å²) in [6.45, 7) is 3.93. The highest BCUT2D eigenvalue weighted by Crippen LogP contribution is 2.27. The molecule has 3 saturated heterocycles. The Labute approximate surface area is 169 Å². The van der Waals surface area contributed by atoms with Gasteiger partial charge in [0.1, 0.15) is 9.84 Å². The van der Waals surface area contributed by atoms with Gasteiger partial charge >= 0.3 is 0 Å². The number of carbonyl (C=O) groups is 1. The molecule has 0 bridgehead atoms. The second-order valence-corrected chi connectivity index (χ2v) is 11.1. The summed E-state index contributed by atoms with van der Waals surface area (Å²) in [5.74, 6) is 1.50. The highest BCUT2D eigenvalue weighted by atomic mass is 32.2. The molecule has 1 unspecified atom stereocenters. The van der Waals surface area contributed by atoms with Crippen LogP contribution in [-0.2, 0) is 16.3 Å². The molecule has 0 N–H and O–H groups in total. The average Bonchev–Trinajstić information content (AvgIpc) is 3.17.